The molecule has 0 fully saturated rings. The van der Waals surface area contributed by atoms with Gasteiger partial charge in [0.15, 0.2) is 0 Å². The second kappa shape index (κ2) is 4.14. The number of aromatic nitrogens is 2. The molecular weight excluding hydrogens is 228 g/mol. The van der Waals surface area contributed by atoms with E-state index in [1.54, 1.807) is 0 Å². The third-order valence-electron chi connectivity index (χ3n) is 2.37. The maximum atomic E-state index is 10.5. The molecule has 1 N–H and O–H groups in total. The van der Waals surface area contributed by atoms with Gasteiger partial charge in [0.25, 0.3) is 0 Å². The van der Waals surface area contributed by atoms with Crippen molar-refractivity contribution in [2.45, 2.75) is 19.9 Å². The van der Waals surface area contributed by atoms with E-state index >= 15 is 0 Å². The van der Waals surface area contributed by atoms with Gasteiger partial charge in [-0.15, -0.1) is 0 Å². The van der Waals surface area contributed by atoms with Gasteiger partial charge in [-0.05, 0) is 19.1 Å². The second-order valence-electron chi connectivity index (χ2n) is 3.68. The topological polar surface area (TPSA) is 55.1 Å². The highest BCUT2D eigenvalue weighted by atomic mass is 35.5. The average Bonchev–Trinajstić information content (AvgIpc) is 2.53. The van der Waals surface area contributed by atoms with Gasteiger partial charge in [0, 0.05) is 5.39 Å². The first-order valence-electron chi connectivity index (χ1n) is 4.92. The van der Waals surface area contributed by atoms with Gasteiger partial charge in [0.05, 0.1) is 18.5 Å². The fraction of sp³-hybridized carbons (Fsp3) is 0.273. The van der Waals surface area contributed by atoms with Crippen molar-refractivity contribution in [2.24, 2.45) is 0 Å². The molecule has 0 unspecified atom stereocenters. The lowest BCUT2D eigenvalue weighted by Gasteiger charge is -1.98. The van der Waals surface area contributed by atoms with Crippen molar-refractivity contribution in [3.05, 3.63) is 28.9 Å². The molecule has 0 bridgehead atoms. The zero-order valence-electron chi connectivity index (χ0n) is 8.77. The van der Waals surface area contributed by atoms with E-state index in [0.29, 0.717) is 11.7 Å². The van der Waals surface area contributed by atoms with Gasteiger partial charge in [-0.3, -0.25) is 9.48 Å². The third kappa shape index (κ3) is 2.02. The molecule has 1 heterocycles. The van der Waals surface area contributed by atoms with Crippen LogP contribution in [0.5, 0.6) is 0 Å². The number of carboxylic acids is 1. The minimum Gasteiger partial charge on any atom is -0.481 e. The number of carboxylic acid groups (broad SMARTS) is 1. The predicted molar refractivity (Wildman–Crippen MR) is 61.7 cm³/mol. The summed E-state index contributed by atoms with van der Waals surface area (Å²) in [7, 11) is 0. The first-order chi connectivity index (χ1) is 7.58. The molecule has 2 aromatic rings. The van der Waals surface area contributed by atoms with E-state index in [9.17, 15) is 4.79 Å². The number of aliphatic carboxylic acids is 1. The molecule has 0 aliphatic heterocycles. The van der Waals surface area contributed by atoms with Gasteiger partial charge in [0.1, 0.15) is 5.15 Å². The number of rotatable bonds is 3. The Morgan fingerprint density at radius 2 is 2.31 bits per heavy atom. The molecule has 0 atom stereocenters. The zero-order valence-corrected chi connectivity index (χ0v) is 9.53. The average molecular weight is 239 g/mol. The van der Waals surface area contributed by atoms with Crippen LogP contribution in [-0.2, 0) is 11.3 Å². The van der Waals surface area contributed by atoms with E-state index in [2.05, 4.69) is 5.10 Å². The van der Waals surface area contributed by atoms with Crippen LogP contribution >= 0.6 is 11.6 Å². The largest absolute Gasteiger partial charge is 0.481 e. The lowest BCUT2D eigenvalue weighted by molar-refractivity contribution is -0.137. The number of halogens is 1. The number of benzene rings is 1. The molecule has 5 heteroatoms. The fourth-order valence-electron chi connectivity index (χ4n) is 1.57. The summed E-state index contributed by atoms with van der Waals surface area (Å²) in [5.41, 5.74) is 1.90. The summed E-state index contributed by atoms with van der Waals surface area (Å²) in [4.78, 5) is 10.5. The summed E-state index contributed by atoms with van der Waals surface area (Å²) < 4.78 is 1.53. The number of hydrogen-bond acceptors (Lipinski definition) is 2. The van der Waals surface area contributed by atoms with Crippen molar-refractivity contribution < 1.29 is 9.90 Å². The molecule has 1 aromatic carbocycles. The molecule has 0 amide bonds. The summed E-state index contributed by atoms with van der Waals surface area (Å²) in [6, 6.07) is 5.78. The Bertz CT molecular complexity index is 548. The Morgan fingerprint density at radius 1 is 1.56 bits per heavy atom. The number of carbonyl (C=O) groups is 1. The van der Waals surface area contributed by atoms with Gasteiger partial charge in [-0.2, -0.15) is 5.10 Å². The molecule has 84 valence electrons. The van der Waals surface area contributed by atoms with Crippen molar-refractivity contribution in [3.63, 3.8) is 0 Å². The maximum absolute atomic E-state index is 10.5. The molecule has 0 saturated heterocycles. The monoisotopic (exact) mass is 238 g/mol. The van der Waals surface area contributed by atoms with Gasteiger partial charge in [-0.1, -0.05) is 23.2 Å². The molecule has 0 aliphatic rings. The van der Waals surface area contributed by atoms with Crippen molar-refractivity contribution >= 4 is 28.5 Å². The highest BCUT2D eigenvalue weighted by molar-refractivity contribution is 6.34. The summed E-state index contributed by atoms with van der Waals surface area (Å²) in [6.45, 7) is 2.27. The minimum absolute atomic E-state index is 0.0205. The van der Waals surface area contributed by atoms with Crippen LogP contribution < -0.4 is 0 Å². The summed E-state index contributed by atoms with van der Waals surface area (Å²) in [6.07, 6.45) is 0.0205. The molecule has 1 aromatic heterocycles. The number of nitrogens with zero attached hydrogens (tertiary/aromatic N) is 2. The highest BCUT2D eigenvalue weighted by Gasteiger charge is 2.09. The first-order valence-corrected chi connectivity index (χ1v) is 5.30. The number of hydrogen-bond donors (Lipinski definition) is 1. The summed E-state index contributed by atoms with van der Waals surface area (Å²) in [5.74, 6) is -0.855. The van der Waals surface area contributed by atoms with E-state index in [0.717, 1.165) is 16.5 Å². The van der Waals surface area contributed by atoms with E-state index in [4.69, 9.17) is 16.7 Å². The van der Waals surface area contributed by atoms with Crippen molar-refractivity contribution in [3.8, 4) is 0 Å². The SMILES string of the molecule is Cc1ccc2nn(CCC(=O)O)c(Cl)c2c1. The Morgan fingerprint density at radius 3 is 3.00 bits per heavy atom. The van der Waals surface area contributed by atoms with Gasteiger partial charge >= 0.3 is 5.97 Å². The zero-order chi connectivity index (χ0) is 11.7. The van der Waals surface area contributed by atoms with Crippen LogP contribution in [-0.4, -0.2) is 20.9 Å². The summed E-state index contributed by atoms with van der Waals surface area (Å²) in [5, 5.41) is 14.2. The van der Waals surface area contributed by atoms with E-state index in [1.807, 2.05) is 25.1 Å². The van der Waals surface area contributed by atoms with Crippen LogP contribution in [0.1, 0.15) is 12.0 Å². The Kier molecular flexibility index (Phi) is 2.83. The molecule has 0 spiro atoms. The van der Waals surface area contributed by atoms with Crippen molar-refractivity contribution in [2.75, 3.05) is 0 Å². The van der Waals surface area contributed by atoms with Crippen LogP contribution in [0, 0.1) is 6.92 Å². The molecule has 0 saturated carbocycles. The fourth-order valence-corrected chi connectivity index (χ4v) is 1.84. The Balaban J connectivity index is 2.40. The Hall–Kier alpha value is -1.55. The molecule has 0 radical (unpaired) electrons. The van der Waals surface area contributed by atoms with Crippen molar-refractivity contribution in [1.29, 1.82) is 0 Å². The van der Waals surface area contributed by atoms with Crippen molar-refractivity contribution in [1.82, 2.24) is 9.78 Å². The minimum atomic E-state index is -0.855. The van der Waals surface area contributed by atoms with Crippen LogP contribution in [0.4, 0.5) is 0 Å². The smallest absolute Gasteiger partial charge is 0.305 e. The van der Waals surface area contributed by atoms with Gasteiger partial charge < -0.3 is 5.11 Å². The van der Waals surface area contributed by atoms with E-state index in [1.165, 1.54) is 4.68 Å². The quantitative estimate of drug-likeness (QED) is 0.894. The Labute approximate surface area is 97.4 Å². The lowest BCUT2D eigenvalue weighted by Crippen LogP contribution is -2.05. The van der Waals surface area contributed by atoms with Crippen LogP contribution in [0.25, 0.3) is 10.9 Å². The van der Waals surface area contributed by atoms with Gasteiger partial charge in [-0.25, -0.2) is 0 Å². The van der Waals surface area contributed by atoms with E-state index in [-0.39, 0.29) is 6.42 Å². The first kappa shape index (κ1) is 11.0. The van der Waals surface area contributed by atoms with E-state index < -0.39 is 5.97 Å². The summed E-state index contributed by atoms with van der Waals surface area (Å²) >= 11 is 6.12. The third-order valence-corrected chi connectivity index (χ3v) is 2.77. The standard InChI is InChI=1S/C11H11ClN2O2/c1-7-2-3-9-8(6-7)11(12)14(13-9)5-4-10(15)16/h2-3,6H,4-5H2,1H3,(H,15,16). The number of aryl methyl sites for hydroxylation is 2. The highest BCUT2D eigenvalue weighted by Crippen LogP contribution is 2.24. The molecule has 16 heavy (non-hydrogen) atoms. The predicted octanol–water partition coefficient (Wildman–Crippen LogP) is 2.47. The normalized spacial score (nSPS) is 10.9. The second-order valence-corrected chi connectivity index (χ2v) is 4.04. The van der Waals surface area contributed by atoms with Gasteiger partial charge in [0.2, 0.25) is 0 Å². The maximum Gasteiger partial charge on any atom is 0.305 e. The molecule has 2 rings (SSSR count). The lowest BCUT2D eigenvalue weighted by atomic mass is 10.2. The molecule has 0 aliphatic carbocycles. The van der Waals surface area contributed by atoms with Crippen LogP contribution in [0.2, 0.25) is 5.15 Å². The number of fused-ring (bicyclic) bond motifs is 1. The van der Waals surface area contributed by atoms with Crippen LogP contribution in [0.15, 0.2) is 18.2 Å². The van der Waals surface area contributed by atoms with Crippen LogP contribution in [0.3, 0.4) is 0 Å². The molecule has 4 nitrogen and oxygen atoms in total. The molecular formula is C11H11ClN2O2.